The van der Waals surface area contributed by atoms with Crippen LogP contribution in [-0.2, 0) is 20.9 Å². The molecule has 6 heteroatoms. The summed E-state index contributed by atoms with van der Waals surface area (Å²) >= 11 is 0. The highest BCUT2D eigenvalue weighted by Crippen LogP contribution is 2.26. The van der Waals surface area contributed by atoms with Gasteiger partial charge in [-0.25, -0.2) is 0 Å². The Labute approximate surface area is 176 Å². The van der Waals surface area contributed by atoms with E-state index in [0.29, 0.717) is 38.5 Å². The summed E-state index contributed by atoms with van der Waals surface area (Å²) in [6.45, 7) is 0.594. The van der Waals surface area contributed by atoms with E-state index in [-0.39, 0.29) is 18.4 Å². The van der Waals surface area contributed by atoms with Crippen LogP contribution in [0.5, 0.6) is 0 Å². The topological polar surface area (TPSA) is 92.5 Å². The number of nitrogens with zero attached hydrogens (tertiary/aromatic N) is 1. The second-order valence-electron chi connectivity index (χ2n) is 7.22. The minimum atomic E-state index is -0.686. The van der Waals surface area contributed by atoms with Gasteiger partial charge in [-0.2, -0.15) is 0 Å². The molecule has 30 heavy (non-hydrogen) atoms. The van der Waals surface area contributed by atoms with Crippen LogP contribution in [0.1, 0.15) is 42.4 Å². The molecule has 1 aliphatic rings. The number of unbranched alkanes of at least 4 members (excludes halogenated alkanes) is 1. The van der Waals surface area contributed by atoms with E-state index >= 15 is 0 Å². The van der Waals surface area contributed by atoms with Gasteiger partial charge in [0.25, 0.3) is 0 Å². The zero-order valence-electron chi connectivity index (χ0n) is 16.8. The first kappa shape index (κ1) is 21.3. The van der Waals surface area contributed by atoms with Crippen LogP contribution in [0, 0.1) is 11.8 Å². The Morgan fingerprint density at radius 2 is 1.70 bits per heavy atom. The Bertz CT molecular complexity index is 990. The van der Waals surface area contributed by atoms with E-state index in [1.165, 1.54) is 0 Å². The van der Waals surface area contributed by atoms with Gasteiger partial charge in [0.15, 0.2) is 0 Å². The van der Waals surface area contributed by atoms with Crippen molar-refractivity contribution < 1.29 is 14.4 Å². The highest BCUT2D eigenvalue weighted by molar-refractivity contribution is 5.95. The smallest absolute Gasteiger partial charge is 0.227 e. The van der Waals surface area contributed by atoms with Gasteiger partial charge >= 0.3 is 0 Å². The molecule has 2 amide bonds. The normalized spacial score (nSPS) is 12.9. The van der Waals surface area contributed by atoms with Crippen molar-refractivity contribution in [1.29, 1.82) is 0 Å². The van der Waals surface area contributed by atoms with Crippen LogP contribution in [0.2, 0.25) is 0 Å². The molecule has 2 aromatic rings. The minimum absolute atomic E-state index is 0.00402. The van der Waals surface area contributed by atoms with Crippen molar-refractivity contribution in [3.8, 4) is 11.8 Å². The molecule has 0 bridgehead atoms. The monoisotopic (exact) mass is 403 g/mol. The van der Waals surface area contributed by atoms with Crippen molar-refractivity contribution in [3.05, 3.63) is 65.2 Å². The average Bonchev–Trinajstić information content (AvgIpc) is 2.76. The van der Waals surface area contributed by atoms with Gasteiger partial charge in [0.05, 0.1) is 18.3 Å². The molecule has 0 saturated carbocycles. The van der Waals surface area contributed by atoms with Gasteiger partial charge in [-0.3, -0.25) is 9.59 Å². The molecule has 3 N–H and O–H groups in total. The van der Waals surface area contributed by atoms with Crippen LogP contribution in [-0.4, -0.2) is 30.7 Å². The van der Waals surface area contributed by atoms with Crippen molar-refractivity contribution >= 4 is 23.8 Å². The number of hydrogen-bond donors (Lipinski definition) is 2. The molecule has 154 valence electrons. The summed E-state index contributed by atoms with van der Waals surface area (Å²) in [4.78, 5) is 37.1. The standard InChI is InChI=1S/C24H25N3O3/c25-21(17-28)15-26-23(29)11-5-6-12-24(30)27-16-20-9-2-1-7-18(20)13-14-19-8-3-4-10-22(19)27/h1-4,7-10,17,21H,5-6,11-12,15-16,25H2,(H,26,29). The van der Waals surface area contributed by atoms with E-state index in [2.05, 4.69) is 17.2 Å². The predicted octanol–water partition coefficient (Wildman–Crippen LogP) is 2.14. The first-order chi connectivity index (χ1) is 14.6. The molecule has 0 radical (unpaired) electrons. The third-order valence-corrected chi connectivity index (χ3v) is 4.93. The summed E-state index contributed by atoms with van der Waals surface area (Å²) in [5.41, 5.74) is 9.03. The lowest BCUT2D eigenvalue weighted by atomic mass is 10.0. The second-order valence-corrected chi connectivity index (χ2v) is 7.22. The van der Waals surface area contributed by atoms with Gasteiger partial charge in [0.1, 0.15) is 6.29 Å². The zero-order valence-corrected chi connectivity index (χ0v) is 16.8. The number of fused-ring (bicyclic) bond motifs is 2. The Balaban J connectivity index is 1.62. The van der Waals surface area contributed by atoms with Crippen LogP contribution in [0.3, 0.4) is 0 Å². The maximum Gasteiger partial charge on any atom is 0.227 e. The molecule has 1 aliphatic heterocycles. The van der Waals surface area contributed by atoms with Crippen molar-refractivity contribution in [2.24, 2.45) is 5.73 Å². The summed E-state index contributed by atoms with van der Waals surface area (Å²) in [7, 11) is 0. The number of para-hydroxylation sites is 1. The summed E-state index contributed by atoms with van der Waals surface area (Å²) in [5.74, 6) is 6.23. The number of rotatable bonds is 8. The number of carbonyl (C=O) groups is 3. The molecule has 1 heterocycles. The Hall–Kier alpha value is -3.43. The molecule has 6 nitrogen and oxygen atoms in total. The van der Waals surface area contributed by atoms with E-state index in [1.807, 2.05) is 48.5 Å². The molecule has 0 spiro atoms. The maximum atomic E-state index is 13.1. The molecule has 0 aliphatic carbocycles. The number of hydrogen-bond acceptors (Lipinski definition) is 4. The second kappa shape index (κ2) is 10.4. The van der Waals surface area contributed by atoms with Gasteiger partial charge in [0, 0.05) is 30.5 Å². The molecular formula is C24H25N3O3. The number of amides is 2. The van der Waals surface area contributed by atoms with E-state index < -0.39 is 6.04 Å². The molecular weight excluding hydrogens is 378 g/mol. The first-order valence-corrected chi connectivity index (χ1v) is 10.1. The SMILES string of the molecule is NC(C=O)CNC(=O)CCCCC(=O)N1Cc2ccccc2C#Cc2ccccc21. The van der Waals surface area contributed by atoms with E-state index in [1.54, 1.807) is 4.90 Å². The highest BCUT2D eigenvalue weighted by Gasteiger charge is 2.20. The number of carbonyl (C=O) groups excluding carboxylic acids is 3. The van der Waals surface area contributed by atoms with Crippen LogP contribution in [0.15, 0.2) is 48.5 Å². The van der Waals surface area contributed by atoms with E-state index in [4.69, 9.17) is 5.73 Å². The minimum Gasteiger partial charge on any atom is -0.354 e. The fraction of sp³-hybridized carbons (Fsp3) is 0.292. The quantitative estimate of drug-likeness (QED) is 0.401. The summed E-state index contributed by atoms with van der Waals surface area (Å²) in [6, 6.07) is 14.8. The van der Waals surface area contributed by atoms with E-state index in [0.717, 1.165) is 22.4 Å². The first-order valence-electron chi connectivity index (χ1n) is 10.1. The van der Waals surface area contributed by atoms with Crippen molar-refractivity contribution in [2.45, 2.75) is 38.3 Å². The number of nitrogens with two attached hydrogens (primary N) is 1. The van der Waals surface area contributed by atoms with E-state index in [9.17, 15) is 14.4 Å². The van der Waals surface area contributed by atoms with Crippen LogP contribution >= 0.6 is 0 Å². The maximum absolute atomic E-state index is 13.1. The van der Waals surface area contributed by atoms with Gasteiger partial charge < -0.3 is 20.7 Å². The van der Waals surface area contributed by atoms with Crippen molar-refractivity contribution in [3.63, 3.8) is 0 Å². The van der Waals surface area contributed by atoms with Crippen molar-refractivity contribution in [2.75, 3.05) is 11.4 Å². The number of nitrogens with one attached hydrogen (secondary N) is 1. The lowest BCUT2D eigenvalue weighted by molar-refractivity contribution is -0.122. The number of anilines is 1. The molecule has 1 unspecified atom stereocenters. The average molecular weight is 403 g/mol. The third kappa shape index (κ3) is 5.56. The zero-order chi connectivity index (χ0) is 21.3. The largest absolute Gasteiger partial charge is 0.354 e. The molecule has 0 aromatic heterocycles. The van der Waals surface area contributed by atoms with Crippen molar-refractivity contribution in [1.82, 2.24) is 5.32 Å². The van der Waals surface area contributed by atoms with Crippen LogP contribution in [0.25, 0.3) is 0 Å². The van der Waals surface area contributed by atoms with Gasteiger partial charge in [-0.1, -0.05) is 42.2 Å². The summed E-state index contributed by atoms with van der Waals surface area (Å²) in [5, 5.41) is 2.62. The third-order valence-electron chi connectivity index (χ3n) is 4.93. The van der Waals surface area contributed by atoms with Gasteiger partial charge in [0.2, 0.25) is 11.8 Å². The molecule has 2 aromatic carbocycles. The fourth-order valence-electron chi connectivity index (χ4n) is 3.27. The molecule has 0 saturated heterocycles. The fourth-order valence-corrected chi connectivity index (χ4v) is 3.27. The van der Waals surface area contributed by atoms with Gasteiger partial charge in [-0.05, 0) is 36.6 Å². The molecule has 0 fully saturated rings. The Morgan fingerprint density at radius 3 is 2.50 bits per heavy atom. The number of aldehydes is 1. The Kier molecular flexibility index (Phi) is 7.36. The van der Waals surface area contributed by atoms with Gasteiger partial charge in [-0.15, -0.1) is 0 Å². The highest BCUT2D eigenvalue weighted by atomic mass is 16.2. The Morgan fingerprint density at radius 1 is 1.03 bits per heavy atom. The summed E-state index contributed by atoms with van der Waals surface area (Å²) in [6.07, 6.45) is 2.41. The number of benzene rings is 2. The predicted molar refractivity (Wildman–Crippen MR) is 116 cm³/mol. The lowest BCUT2D eigenvalue weighted by Crippen LogP contribution is -2.38. The summed E-state index contributed by atoms with van der Waals surface area (Å²) < 4.78 is 0. The van der Waals surface area contributed by atoms with Crippen LogP contribution in [0.4, 0.5) is 5.69 Å². The molecule has 3 rings (SSSR count). The lowest BCUT2D eigenvalue weighted by Gasteiger charge is -2.26. The molecule has 1 atom stereocenters. The van der Waals surface area contributed by atoms with Crippen LogP contribution < -0.4 is 16.0 Å².